The Balaban J connectivity index is 1.37. The molecule has 4 heteroatoms. The van der Waals surface area contributed by atoms with Crippen LogP contribution in [0.5, 0.6) is 0 Å². The average Bonchev–Trinajstić information content (AvgIpc) is 3.10. The molecule has 0 aliphatic carbocycles. The summed E-state index contributed by atoms with van der Waals surface area (Å²) in [5.41, 5.74) is 4.69. The summed E-state index contributed by atoms with van der Waals surface area (Å²) in [6, 6.07) is 18.7. The van der Waals surface area contributed by atoms with E-state index < -0.39 is 0 Å². The molecule has 0 aliphatic rings. The first-order valence-corrected chi connectivity index (χ1v) is 9.91. The van der Waals surface area contributed by atoms with E-state index in [0.29, 0.717) is 13.0 Å². The van der Waals surface area contributed by atoms with Gasteiger partial charge in [0.2, 0.25) is 5.91 Å². The van der Waals surface area contributed by atoms with Crippen molar-refractivity contribution in [3.63, 3.8) is 0 Å². The molecule has 0 saturated heterocycles. The van der Waals surface area contributed by atoms with Gasteiger partial charge < -0.3 is 5.32 Å². The second kappa shape index (κ2) is 9.30. The van der Waals surface area contributed by atoms with Gasteiger partial charge in [-0.3, -0.25) is 4.79 Å². The first-order valence-electron chi connectivity index (χ1n) is 9.03. The van der Waals surface area contributed by atoms with E-state index in [1.165, 1.54) is 11.1 Å². The number of nitrogens with one attached hydrogen (secondary N) is 1. The lowest BCUT2D eigenvalue weighted by Crippen LogP contribution is -2.25. The largest absolute Gasteiger partial charge is 0.356 e. The molecule has 1 heterocycles. The molecule has 134 valence electrons. The van der Waals surface area contributed by atoms with E-state index in [1.807, 2.05) is 25.1 Å². The molecule has 0 aliphatic heterocycles. The molecule has 0 fully saturated rings. The maximum atomic E-state index is 11.9. The molecule has 0 atom stereocenters. The maximum Gasteiger partial charge on any atom is 0.220 e. The molecule has 1 N–H and O–H groups in total. The zero-order valence-corrected chi connectivity index (χ0v) is 15.9. The zero-order valence-electron chi connectivity index (χ0n) is 15.1. The van der Waals surface area contributed by atoms with Crippen molar-refractivity contribution in [3.05, 3.63) is 76.1 Å². The van der Waals surface area contributed by atoms with Gasteiger partial charge in [-0.25, -0.2) is 4.98 Å². The van der Waals surface area contributed by atoms with Crippen molar-refractivity contribution in [1.82, 2.24) is 10.3 Å². The van der Waals surface area contributed by atoms with Crippen molar-refractivity contribution in [1.29, 1.82) is 0 Å². The van der Waals surface area contributed by atoms with E-state index in [2.05, 4.69) is 52.1 Å². The van der Waals surface area contributed by atoms with Gasteiger partial charge in [0, 0.05) is 23.9 Å². The first-order chi connectivity index (χ1) is 12.7. The van der Waals surface area contributed by atoms with Crippen molar-refractivity contribution in [2.45, 2.75) is 32.6 Å². The SMILES string of the molecule is Cc1nc(-c2ccc(CCNC(=O)CCCc3ccccc3)cc2)cs1. The Kier molecular flexibility index (Phi) is 6.56. The first kappa shape index (κ1) is 18.3. The van der Waals surface area contributed by atoms with Crippen molar-refractivity contribution < 1.29 is 4.79 Å². The molecule has 1 aromatic heterocycles. The van der Waals surface area contributed by atoms with Crippen LogP contribution in [0.3, 0.4) is 0 Å². The van der Waals surface area contributed by atoms with Crippen LogP contribution in [-0.4, -0.2) is 17.4 Å². The lowest BCUT2D eigenvalue weighted by atomic mass is 10.1. The Labute approximate surface area is 159 Å². The summed E-state index contributed by atoms with van der Waals surface area (Å²) < 4.78 is 0. The summed E-state index contributed by atoms with van der Waals surface area (Å²) in [5.74, 6) is 0.135. The Morgan fingerprint density at radius 3 is 2.42 bits per heavy atom. The number of thiazole rings is 1. The van der Waals surface area contributed by atoms with Gasteiger partial charge in [-0.1, -0.05) is 54.6 Å². The van der Waals surface area contributed by atoms with E-state index >= 15 is 0 Å². The van der Waals surface area contributed by atoms with Crippen molar-refractivity contribution in [2.24, 2.45) is 0 Å². The van der Waals surface area contributed by atoms with Gasteiger partial charge in [0.25, 0.3) is 0 Å². The van der Waals surface area contributed by atoms with Crippen LogP contribution in [0, 0.1) is 6.92 Å². The fourth-order valence-corrected chi connectivity index (χ4v) is 3.49. The average molecular weight is 365 g/mol. The van der Waals surface area contributed by atoms with E-state index in [1.54, 1.807) is 11.3 Å². The van der Waals surface area contributed by atoms with Crippen LogP contribution < -0.4 is 5.32 Å². The third-order valence-corrected chi connectivity index (χ3v) is 5.09. The molecule has 3 rings (SSSR count). The minimum absolute atomic E-state index is 0.135. The number of carbonyl (C=O) groups is 1. The topological polar surface area (TPSA) is 42.0 Å². The fraction of sp³-hybridized carbons (Fsp3) is 0.273. The summed E-state index contributed by atoms with van der Waals surface area (Å²) >= 11 is 1.67. The number of hydrogen-bond acceptors (Lipinski definition) is 3. The van der Waals surface area contributed by atoms with Gasteiger partial charge in [0.05, 0.1) is 10.7 Å². The lowest BCUT2D eigenvalue weighted by molar-refractivity contribution is -0.121. The van der Waals surface area contributed by atoms with Gasteiger partial charge in [0.1, 0.15) is 0 Å². The third-order valence-electron chi connectivity index (χ3n) is 4.32. The van der Waals surface area contributed by atoms with Gasteiger partial charge in [0.15, 0.2) is 0 Å². The van der Waals surface area contributed by atoms with Gasteiger partial charge in [-0.15, -0.1) is 11.3 Å². The second-order valence-corrected chi connectivity index (χ2v) is 7.45. The van der Waals surface area contributed by atoms with E-state index in [0.717, 1.165) is 35.5 Å². The van der Waals surface area contributed by atoms with E-state index in [9.17, 15) is 4.79 Å². The van der Waals surface area contributed by atoms with Crippen LogP contribution in [0.15, 0.2) is 60.0 Å². The molecule has 0 saturated carbocycles. The highest BCUT2D eigenvalue weighted by Crippen LogP contribution is 2.21. The monoisotopic (exact) mass is 364 g/mol. The standard InChI is InChI=1S/C22H24N2OS/c1-17-24-21(16-26-17)20-12-10-19(11-13-20)14-15-23-22(25)9-5-8-18-6-3-2-4-7-18/h2-4,6-7,10-13,16H,5,8-9,14-15H2,1H3,(H,23,25). The second-order valence-electron chi connectivity index (χ2n) is 6.39. The molecule has 0 unspecified atom stereocenters. The molecule has 2 aromatic carbocycles. The van der Waals surface area contributed by atoms with E-state index in [-0.39, 0.29) is 5.91 Å². The quantitative estimate of drug-likeness (QED) is 0.624. The predicted octanol–water partition coefficient (Wildman–Crippen LogP) is 4.80. The fourth-order valence-electron chi connectivity index (χ4n) is 2.87. The molecule has 0 spiro atoms. The molecule has 3 nitrogen and oxygen atoms in total. The van der Waals surface area contributed by atoms with Crippen LogP contribution in [-0.2, 0) is 17.6 Å². The van der Waals surface area contributed by atoms with Crippen molar-refractivity contribution in [3.8, 4) is 11.3 Å². The summed E-state index contributed by atoms with van der Waals surface area (Å²) in [5, 5.41) is 6.18. The Hall–Kier alpha value is -2.46. The van der Waals surface area contributed by atoms with Crippen LogP contribution in [0.2, 0.25) is 0 Å². The van der Waals surface area contributed by atoms with E-state index in [4.69, 9.17) is 0 Å². The number of hydrogen-bond donors (Lipinski definition) is 1. The molecule has 3 aromatic rings. The van der Waals surface area contributed by atoms with Gasteiger partial charge >= 0.3 is 0 Å². The number of amides is 1. The number of nitrogens with zero attached hydrogens (tertiary/aromatic N) is 1. The molecule has 1 amide bonds. The van der Waals surface area contributed by atoms with Crippen LogP contribution >= 0.6 is 11.3 Å². The minimum Gasteiger partial charge on any atom is -0.356 e. The lowest BCUT2D eigenvalue weighted by Gasteiger charge is -2.06. The zero-order chi connectivity index (χ0) is 18.2. The predicted molar refractivity (Wildman–Crippen MR) is 108 cm³/mol. The Morgan fingerprint density at radius 2 is 1.73 bits per heavy atom. The third kappa shape index (κ3) is 5.53. The van der Waals surface area contributed by atoms with Gasteiger partial charge in [-0.05, 0) is 37.3 Å². The minimum atomic E-state index is 0.135. The number of carbonyl (C=O) groups excluding carboxylic acids is 1. The Morgan fingerprint density at radius 1 is 1.00 bits per heavy atom. The normalized spacial score (nSPS) is 10.7. The Bertz CT molecular complexity index is 825. The number of benzene rings is 2. The van der Waals surface area contributed by atoms with Crippen LogP contribution in [0.25, 0.3) is 11.3 Å². The summed E-state index contributed by atoms with van der Waals surface area (Å²) in [4.78, 5) is 16.5. The molecule has 26 heavy (non-hydrogen) atoms. The van der Waals surface area contributed by atoms with Gasteiger partial charge in [-0.2, -0.15) is 0 Å². The van der Waals surface area contributed by atoms with Crippen LogP contribution in [0.1, 0.15) is 29.0 Å². The number of aryl methyl sites for hydroxylation is 2. The number of aromatic nitrogens is 1. The molecular weight excluding hydrogens is 340 g/mol. The highest BCUT2D eigenvalue weighted by molar-refractivity contribution is 7.09. The molecule has 0 bridgehead atoms. The summed E-state index contributed by atoms with van der Waals surface area (Å²) in [6.07, 6.45) is 3.27. The smallest absolute Gasteiger partial charge is 0.220 e. The molecule has 0 radical (unpaired) electrons. The maximum absolute atomic E-state index is 11.9. The summed E-state index contributed by atoms with van der Waals surface area (Å²) in [6.45, 7) is 2.70. The highest BCUT2D eigenvalue weighted by atomic mass is 32.1. The highest BCUT2D eigenvalue weighted by Gasteiger charge is 2.04. The number of rotatable bonds is 8. The molecular formula is C22H24N2OS. The van der Waals surface area contributed by atoms with Crippen molar-refractivity contribution >= 4 is 17.2 Å². The summed E-state index contributed by atoms with van der Waals surface area (Å²) in [7, 11) is 0. The van der Waals surface area contributed by atoms with Crippen molar-refractivity contribution in [2.75, 3.05) is 6.54 Å². The van der Waals surface area contributed by atoms with Crippen LogP contribution in [0.4, 0.5) is 0 Å².